The Bertz CT molecular complexity index is 218. The van der Waals surface area contributed by atoms with Crippen LogP contribution in [0.3, 0.4) is 0 Å². The third kappa shape index (κ3) is 1.63. The van der Waals surface area contributed by atoms with Crippen LogP contribution in [0.4, 0.5) is 0 Å². The second-order valence-electron chi connectivity index (χ2n) is 4.31. The molecule has 0 radical (unpaired) electrons. The summed E-state index contributed by atoms with van der Waals surface area (Å²) in [6, 6.07) is 0. The zero-order valence-corrected chi connectivity index (χ0v) is 8.89. The van der Waals surface area contributed by atoms with Gasteiger partial charge in [0.15, 0.2) is 0 Å². The van der Waals surface area contributed by atoms with Gasteiger partial charge in [-0.25, -0.2) is 0 Å². The Morgan fingerprint density at radius 1 is 1.08 bits per heavy atom. The molecule has 0 N–H and O–H groups in total. The van der Waals surface area contributed by atoms with E-state index in [2.05, 4.69) is 46.8 Å². The molecule has 0 fully saturated rings. The summed E-state index contributed by atoms with van der Waals surface area (Å²) in [5.41, 5.74) is 3.13. The molecular formula is C12H20. The molecule has 0 aromatic carbocycles. The van der Waals surface area contributed by atoms with Gasteiger partial charge in [-0.2, -0.15) is 0 Å². The van der Waals surface area contributed by atoms with Gasteiger partial charge in [0.05, 0.1) is 0 Å². The van der Waals surface area contributed by atoms with Crippen molar-refractivity contribution >= 4 is 0 Å². The van der Waals surface area contributed by atoms with E-state index in [1.807, 2.05) is 0 Å². The van der Waals surface area contributed by atoms with Crippen LogP contribution in [0.1, 0.15) is 34.6 Å². The first-order chi connectivity index (χ1) is 5.54. The largest absolute Gasteiger partial charge is 0.0699 e. The van der Waals surface area contributed by atoms with Gasteiger partial charge in [-0.1, -0.05) is 51.0 Å². The van der Waals surface area contributed by atoms with Gasteiger partial charge in [-0.3, -0.25) is 0 Å². The highest BCUT2D eigenvalue weighted by molar-refractivity contribution is 5.28. The lowest BCUT2D eigenvalue weighted by molar-refractivity contribution is 0.455. The third-order valence-corrected chi connectivity index (χ3v) is 3.20. The van der Waals surface area contributed by atoms with E-state index in [1.54, 1.807) is 5.57 Å². The molecule has 0 saturated heterocycles. The van der Waals surface area contributed by atoms with Gasteiger partial charge < -0.3 is 0 Å². The summed E-state index contributed by atoms with van der Waals surface area (Å²) in [6.45, 7) is 11.5. The van der Waals surface area contributed by atoms with Gasteiger partial charge in [0.25, 0.3) is 0 Å². The van der Waals surface area contributed by atoms with Crippen LogP contribution in [0.15, 0.2) is 23.3 Å². The minimum Gasteiger partial charge on any atom is -0.0699 e. The van der Waals surface area contributed by atoms with Crippen molar-refractivity contribution < 1.29 is 0 Å². The predicted molar refractivity (Wildman–Crippen MR) is 55.0 cm³/mol. The van der Waals surface area contributed by atoms with E-state index >= 15 is 0 Å². The van der Waals surface area contributed by atoms with Crippen LogP contribution >= 0.6 is 0 Å². The fourth-order valence-corrected chi connectivity index (χ4v) is 1.93. The number of allylic oxidation sites excluding steroid dienone is 4. The van der Waals surface area contributed by atoms with Gasteiger partial charge in [0.2, 0.25) is 0 Å². The average molecular weight is 164 g/mol. The van der Waals surface area contributed by atoms with Crippen LogP contribution in [0.2, 0.25) is 0 Å². The quantitative estimate of drug-likeness (QED) is 0.553. The molecule has 68 valence electrons. The van der Waals surface area contributed by atoms with Crippen LogP contribution < -0.4 is 0 Å². The van der Waals surface area contributed by atoms with Crippen LogP contribution in [0, 0.1) is 17.8 Å². The molecule has 1 rings (SSSR count). The second-order valence-corrected chi connectivity index (χ2v) is 4.31. The molecular weight excluding hydrogens is 144 g/mol. The Morgan fingerprint density at radius 3 is 2.17 bits per heavy atom. The van der Waals surface area contributed by atoms with Crippen molar-refractivity contribution in [1.29, 1.82) is 0 Å². The maximum absolute atomic E-state index is 2.34. The Morgan fingerprint density at radius 2 is 1.67 bits per heavy atom. The number of hydrogen-bond donors (Lipinski definition) is 0. The van der Waals surface area contributed by atoms with E-state index < -0.39 is 0 Å². The van der Waals surface area contributed by atoms with Crippen LogP contribution in [-0.4, -0.2) is 0 Å². The molecule has 0 saturated carbocycles. The molecule has 1 aliphatic rings. The van der Waals surface area contributed by atoms with E-state index in [9.17, 15) is 0 Å². The molecule has 2 unspecified atom stereocenters. The average Bonchev–Trinajstić information content (AvgIpc) is 2.00. The minimum atomic E-state index is 0.701. The molecule has 0 aromatic rings. The van der Waals surface area contributed by atoms with Gasteiger partial charge in [0.1, 0.15) is 0 Å². The molecule has 0 aromatic heterocycles. The molecule has 0 nitrogen and oxygen atoms in total. The Hall–Kier alpha value is -0.520. The first-order valence-electron chi connectivity index (χ1n) is 4.92. The smallest absolute Gasteiger partial charge is 0.0163 e. The molecule has 0 aliphatic heterocycles. The summed E-state index contributed by atoms with van der Waals surface area (Å²) < 4.78 is 0. The highest BCUT2D eigenvalue weighted by Crippen LogP contribution is 2.33. The summed E-state index contributed by atoms with van der Waals surface area (Å²) in [7, 11) is 0. The summed E-state index contributed by atoms with van der Waals surface area (Å²) in [5, 5.41) is 0. The maximum Gasteiger partial charge on any atom is -0.0163 e. The van der Waals surface area contributed by atoms with E-state index in [0.717, 1.165) is 11.8 Å². The summed E-state index contributed by atoms with van der Waals surface area (Å²) in [5.74, 6) is 2.16. The lowest BCUT2D eigenvalue weighted by Gasteiger charge is -2.29. The minimum absolute atomic E-state index is 0.701. The molecule has 1 aliphatic carbocycles. The topological polar surface area (TPSA) is 0 Å². The van der Waals surface area contributed by atoms with E-state index in [1.165, 1.54) is 5.57 Å². The maximum atomic E-state index is 2.34. The second kappa shape index (κ2) is 3.47. The van der Waals surface area contributed by atoms with Crippen molar-refractivity contribution in [3.63, 3.8) is 0 Å². The number of hydrogen-bond acceptors (Lipinski definition) is 0. The molecule has 0 heterocycles. The number of rotatable bonds is 1. The molecule has 0 spiro atoms. The van der Waals surface area contributed by atoms with Crippen molar-refractivity contribution in [1.82, 2.24) is 0 Å². The molecule has 0 amide bonds. The highest BCUT2D eigenvalue weighted by Gasteiger charge is 2.22. The summed E-state index contributed by atoms with van der Waals surface area (Å²) in [6.07, 6.45) is 4.59. The van der Waals surface area contributed by atoms with Crippen molar-refractivity contribution in [2.75, 3.05) is 0 Å². The van der Waals surface area contributed by atoms with Gasteiger partial charge >= 0.3 is 0 Å². The zero-order valence-electron chi connectivity index (χ0n) is 8.89. The Balaban J connectivity index is 2.90. The van der Waals surface area contributed by atoms with Crippen molar-refractivity contribution in [3.8, 4) is 0 Å². The monoisotopic (exact) mass is 164 g/mol. The van der Waals surface area contributed by atoms with Crippen molar-refractivity contribution in [3.05, 3.63) is 23.3 Å². The summed E-state index contributed by atoms with van der Waals surface area (Å²) in [4.78, 5) is 0. The molecule has 0 bridgehead atoms. The fraction of sp³-hybridized carbons (Fsp3) is 0.667. The van der Waals surface area contributed by atoms with Gasteiger partial charge in [0, 0.05) is 0 Å². The normalized spacial score (nSPS) is 30.2. The van der Waals surface area contributed by atoms with Crippen molar-refractivity contribution in [2.45, 2.75) is 34.6 Å². The van der Waals surface area contributed by atoms with Gasteiger partial charge in [-0.15, -0.1) is 0 Å². The Labute approximate surface area is 76.4 Å². The molecule has 12 heavy (non-hydrogen) atoms. The lowest BCUT2D eigenvalue weighted by atomic mass is 9.76. The van der Waals surface area contributed by atoms with E-state index in [4.69, 9.17) is 0 Å². The third-order valence-electron chi connectivity index (χ3n) is 3.20. The lowest BCUT2D eigenvalue weighted by Crippen LogP contribution is -2.18. The van der Waals surface area contributed by atoms with Crippen molar-refractivity contribution in [2.24, 2.45) is 17.8 Å². The summed E-state index contributed by atoms with van der Waals surface area (Å²) >= 11 is 0. The van der Waals surface area contributed by atoms with Crippen LogP contribution in [0.25, 0.3) is 0 Å². The zero-order chi connectivity index (χ0) is 9.30. The van der Waals surface area contributed by atoms with Crippen LogP contribution in [-0.2, 0) is 0 Å². The van der Waals surface area contributed by atoms with Gasteiger partial charge in [-0.05, 0) is 24.7 Å². The molecule has 0 heteroatoms. The van der Waals surface area contributed by atoms with E-state index in [-0.39, 0.29) is 0 Å². The first kappa shape index (κ1) is 9.57. The first-order valence-corrected chi connectivity index (χ1v) is 4.92. The SMILES string of the molecule is CC1=CC=C(C(C)C)C(C)C1C. The highest BCUT2D eigenvalue weighted by atomic mass is 14.3. The predicted octanol–water partition coefficient (Wildman–Crippen LogP) is 3.80. The Kier molecular flexibility index (Phi) is 2.76. The van der Waals surface area contributed by atoms with Crippen LogP contribution in [0.5, 0.6) is 0 Å². The standard InChI is InChI=1S/C12H20/c1-8(2)12-7-6-9(3)10(4)11(12)5/h6-8,10-11H,1-5H3. The molecule has 2 atom stereocenters. The fourth-order valence-electron chi connectivity index (χ4n) is 1.93. The van der Waals surface area contributed by atoms with E-state index in [0.29, 0.717) is 5.92 Å².